The summed E-state index contributed by atoms with van der Waals surface area (Å²) < 4.78 is 5.01. The van der Waals surface area contributed by atoms with Crippen LogP contribution in [0.1, 0.15) is 31.2 Å². The average Bonchev–Trinajstić information content (AvgIpc) is 2.78. The molecule has 2 amide bonds. The van der Waals surface area contributed by atoms with Crippen LogP contribution < -0.4 is 5.32 Å². The number of hydrogen-bond donors (Lipinski definition) is 1. The Labute approximate surface area is 173 Å². The average molecular weight is 400 g/mol. The fourth-order valence-electron chi connectivity index (χ4n) is 4.26. The fourth-order valence-corrected chi connectivity index (χ4v) is 4.26. The molecule has 0 aromatic heterocycles. The quantitative estimate of drug-likeness (QED) is 0.564. The van der Waals surface area contributed by atoms with Crippen LogP contribution in [0.25, 0.3) is 6.08 Å². The van der Waals surface area contributed by atoms with Crippen molar-refractivity contribution in [2.24, 2.45) is 5.92 Å². The second kappa shape index (κ2) is 11.1. The number of methoxy groups -OCH3 is 1. The Kier molecular flexibility index (Phi) is 8.25. The Morgan fingerprint density at radius 1 is 1.14 bits per heavy atom. The molecule has 0 unspecified atom stereocenters. The lowest BCUT2D eigenvalue weighted by Crippen LogP contribution is -2.51. The van der Waals surface area contributed by atoms with Gasteiger partial charge in [0.25, 0.3) is 0 Å². The number of carbonyl (C=O) groups excluding carboxylic acids is 2. The predicted molar refractivity (Wildman–Crippen MR) is 114 cm³/mol. The molecule has 2 aliphatic heterocycles. The zero-order chi connectivity index (χ0) is 20.5. The summed E-state index contributed by atoms with van der Waals surface area (Å²) in [7, 11) is 1.64. The highest BCUT2D eigenvalue weighted by atomic mass is 16.5. The van der Waals surface area contributed by atoms with Crippen LogP contribution in [0.2, 0.25) is 0 Å². The van der Waals surface area contributed by atoms with E-state index in [0.717, 1.165) is 57.4 Å². The van der Waals surface area contributed by atoms with Crippen LogP contribution in [0.3, 0.4) is 0 Å². The lowest BCUT2D eigenvalue weighted by Gasteiger charge is -2.41. The van der Waals surface area contributed by atoms with Gasteiger partial charge in [-0.3, -0.25) is 14.5 Å². The number of benzene rings is 1. The third-order valence-electron chi connectivity index (χ3n) is 5.94. The number of likely N-dealkylation sites (tertiary alicyclic amines) is 2. The van der Waals surface area contributed by atoms with Gasteiger partial charge in [0.05, 0.1) is 12.5 Å². The maximum Gasteiger partial charge on any atom is 0.246 e. The topological polar surface area (TPSA) is 61.9 Å². The van der Waals surface area contributed by atoms with Gasteiger partial charge >= 0.3 is 0 Å². The van der Waals surface area contributed by atoms with E-state index in [2.05, 4.69) is 10.2 Å². The first-order valence-corrected chi connectivity index (χ1v) is 10.7. The van der Waals surface area contributed by atoms with Crippen molar-refractivity contribution in [3.63, 3.8) is 0 Å². The summed E-state index contributed by atoms with van der Waals surface area (Å²) in [5.74, 6) is 0.292. The number of carbonyl (C=O) groups is 2. The molecule has 0 radical (unpaired) electrons. The van der Waals surface area contributed by atoms with Crippen LogP contribution in [0.5, 0.6) is 0 Å². The molecule has 6 nitrogen and oxygen atoms in total. The predicted octanol–water partition coefficient (Wildman–Crippen LogP) is 2.17. The molecule has 2 aliphatic rings. The molecule has 2 saturated heterocycles. The third-order valence-corrected chi connectivity index (χ3v) is 5.94. The van der Waals surface area contributed by atoms with Gasteiger partial charge in [0.2, 0.25) is 11.8 Å². The minimum Gasteiger partial charge on any atom is -0.383 e. The van der Waals surface area contributed by atoms with Crippen molar-refractivity contribution < 1.29 is 14.3 Å². The summed E-state index contributed by atoms with van der Waals surface area (Å²) >= 11 is 0. The maximum atomic E-state index is 12.5. The van der Waals surface area contributed by atoms with E-state index in [1.807, 2.05) is 41.3 Å². The lowest BCUT2D eigenvalue weighted by atomic mass is 9.93. The zero-order valence-electron chi connectivity index (χ0n) is 17.4. The van der Waals surface area contributed by atoms with Gasteiger partial charge in [-0.05, 0) is 43.9 Å². The van der Waals surface area contributed by atoms with Crippen molar-refractivity contribution in [3.05, 3.63) is 42.0 Å². The van der Waals surface area contributed by atoms with Gasteiger partial charge in [0.15, 0.2) is 0 Å². The van der Waals surface area contributed by atoms with Gasteiger partial charge in [-0.1, -0.05) is 30.3 Å². The number of nitrogens with one attached hydrogen (secondary N) is 1. The third kappa shape index (κ3) is 6.41. The Morgan fingerprint density at radius 3 is 2.62 bits per heavy atom. The smallest absolute Gasteiger partial charge is 0.246 e. The van der Waals surface area contributed by atoms with E-state index in [1.165, 1.54) is 0 Å². The highest BCUT2D eigenvalue weighted by Gasteiger charge is 2.32. The molecule has 158 valence electrons. The van der Waals surface area contributed by atoms with Crippen molar-refractivity contribution >= 4 is 17.9 Å². The normalized spacial score (nSPS) is 21.4. The van der Waals surface area contributed by atoms with Crippen molar-refractivity contribution in [1.82, 2.24) is 15.1 Å². The molecule has 0 saturated carbocycles. The number of rotatable bonds is 7. The molecule has 2 fully saturated rings. The second-order valence-electron chi connectivity index (χ2n) is 7.92. The summed E-state index contributed by atoms with van der Waals surface area (Å²) in [6.45, 7) is 4.56. The van der Waals surface area contributed by atoms with E-state index in [9.17, 15) is 9.59 Å². The van der Waals surface area contributed by atoms with Gasteiger partial charge in [0.1, 0.15) is 0 Å². The van der Waals surface area contributed by atoms with Crippen molar-refractivity contribution in [3.8, 4) is 0 Å². The number of piperidine rings is 2. The van der Waals surface area contributed by atoms with Crippen molar-refractivity contribution in [2.75, 3.05) is 46.4 Å². The Bertz CT molecular complexity index is 684. The van der Waals surface area contributed by atoms with E-state index in [1.54, 1.807) is 13.2 Å². The molecule has 0 aliphatic carbocycles. The summed E-state index contributed by atoms with van der Waals surface area (Å²) in [5.41, 5.74) is 1.04. The monoisotopic (exact) mass is 399 g/mol. The van der Waals surface area contributed by atoms with Crippen LogP contribution in [0, 0.1) is 5.92 Å². The Hall–Kier alpha value is -2.18. The van der Waals surface area contributed by atoms with Gasteiger partial charge in [0, 0.05) is 45.4 Å². The van der Waals surface area contributed by atoms with Gasteiger partial charge in [-0.2, -0.15) is 0 Å². The maximum absolute atomic E-state index is 12.5. The molecular weight excluding hydrogens is 366 g/mol. The van der Waals surface area contributed by atoms with E-state index >= 15 is 0 Å². The largest absolute Gasteiger partial charge is 0.383 e. The van der Waals surface area contributed by atoms with Crippen LogP contribution in [-0.2, 0) is 14.3 Å². The minimum absolute atomic E-state index is 0.0640. The van der Waals surface area contributed by atoms with E-state index in [-0.39, 0.29) is 17.7 Å². The summed E-state index contributed by atoms with van der Waals surface area (Å²) in [6, 6.07) is 10.4. The van der Waals surface area contributed by atoms with Crippen LogP contribution in [0.4, 0.5) is 0 Å². The molecule has 1 aromatic carbocycles. The summed E-state index contributed by atoms with van der Waals surface area (Å²) in [5, 5.41) is 2.98. The molecule has 1 atom stereocenters. The Morgan fingerprint density at radius 2 is 1.90 bits per heavy atom. The van der Waals surface area contributed by atoms with Crippen LogP contribution in [0.15, 0.2) is 36.4 Å². The first-order valence-electron chi connectivity index (χ1n) is 10.7. The summed E-state index contributed by atoms with van der Waals surface area (Å²) in [4.78, 5) is 29.3. The number of nitrogens with zero attached hydrogens (tertiary/aromatic N) is 2. The second-order valence-corrected chi connectivity index (χ2v) is 7.92. The molecule has 1 N–H and O–H groups in total. The first-order chi connectivity index (χ1) is 14.2. The molecular formula is C23H33N3O3. The highest BCUT2D eigenvalue weighted by molar-refractivity contribution is 5.91. The van der Waals surface area contributed by atoms with Gasteiger partial charge in [-0.15, -0.1) is 0 Å². The van der Waals surface area contributed by atoms with Crippen molar-refractivity contribution in [2.45, 2.75) is 31.7 Å². The van der Waals surface area contributed by atoms with Crippen molar-refractivity contribution in [1.29, 1.82) is 0 Å². The summed E-state index contributed by atoms with van der Waals surface area (Å²) in [6.07, 6.45) is 7.52. The van der Waals surface area contributed by atoms with E-state index in [4.69, 9.17) is 4.74 Å². The number of amides is 2. The molecule has 29 heavy (non-hydrogen) atoms. The first kappa shape index (κ1) is 21.5. The molecule has 0 bridgehead atoms. The Balaban J connectivity index is 1.44. The van der Waals surface area contributed by atoms with Gasteiger partial charge < -0.3 is 15.0 Å². The molecule has 2 heterocycles. The van der Waals surface area contributed by atoms with Crippen LogP contribution in [-0.4, -0.2) is 74.1 Å². The van der Waals surface area contributed by atoms with E-state index in [0.29, 0.717) is 19.2 Å². The number of hydrogen-bond acceptors (Lipinski definition) is 4. The van der Waals surface area contributed by atoms with Crippen LogP contribution >= 0.6 is 0 Å². The number of ether oxygens (including phenoxy) is 1. The highest BCUT2D eigenvalue weighted by Crippen LogP contribution is 2.24. The molecule has 6 heteroatoms. The molecule has 3 rings (SSSR count). The molecule has 0 spiro atoms. The van der Waals surface area contributed by atoms with E-state index < -0.39 is 0 Å². The standard InChI is InChI=1S/C23H33N3O3/c1-29-17-13-24-23(28)20-8-5-14-26(18-20)21-11-15-25(16-12-21)22(27)10-9-19-6-3-2-4-7-19/h2-4,6-7,9-10,20-21H,5,8,11-18H2,1H3,(H,24,28)/b10-9+/t20-/m1/s1. The zero-order valence-corrected chi connectivity index (χ0v) is 17.4. The molecule has 1 aromatic rings. The SMILES string of the molecule is COCCNC(=O)[C@@H]1CCCN(C2CCN(C(=O)/C=C/c3ccccc3)CC2)C1. The lowest BCUT2D eigenvalue weighted by molar-refractivity contribution is -0.128. The fraction of sp³-hybridized carbons (Fsp3) is 0.565. The van der Waals surface area contributed by atoms with Gasteiger partial charge in [-0.25, -0.2) is 0 Å². The minimum atomic E-state index is 0.0640.